The van der Waals surface area contributed by atoms with Crippen LogP contribution in [0.15, 0.2) is 35.4 Å². The van der Waals surface area contributed by atoms with Gasteiger partial charge in [0, 0.05) is 12.2 Å². The van der Waals surface area contributed by atoms with E-state index in [0.717, 1.165) is 5.56 Å². The van der Waals surface area contributed by atoms with Crippen molar-refractivity contribution >= 4 is 22.8 Å². The number of nitrogen functional groups attached to an aromatic ring is 1. The molecule has 0 atom stereocenters. The van der Waals surface area contributed by atoms with Crippen LogP contribution in [0.4, 0.5) is 11.6 Å². The molecule has 0 radical (unpaired) electrons. The van der Waals surface area contributed by atoms with Gasteiger partial charge in [-0.2, -0.15) is 4.98 Å². The van der Waals surface area contributed by atoms with Crippen molar-refractivity contribution in [3.8, 4) is 0 Å². The average Bonchev–Trinajstić information content (AvgIpc) is 2.87. The van der Waals surface area contributed by atoms with Crippen molar-refractivity contribution in [2.45, 2.75) is 6.54 Å². The molecule has 0 saturated carbocycles. The lowest BCUT2D eigenvalue weighted by molar-refractivity contribution is 1.05. The molecular weight excluding hydrogens is 244 g/mol. The number of imidazole rings is 1. The summed E-state index contributed by atoms with van der Waals surface area (Å²) in [6, 6.07) is 7.51. The standard InChI is InChI=1S/C12H12N6O/c13-8-4-2-1-3-7(8)5-14-12-17-10-9(11(19)18-12)15-6-16-10/h1-4,6H,5,13H2,(H3,14,15,16,17,18,19). The largest absolute Gasteiger partial charge is 0.398 e. The highest BCUT2D eigenvalue weighted by atomic mass is 16.1. The van der Waals surface area contributed by atoms with E-state index in [1.165, 1.54) is 6.33 Å². The quantitative estimate of drug-likeness (QED) is 0.519. The predicted octanol–water partition coefficient (Wildman–Crippen LogP) is 0.840. The summed E-state index contributed by atoms with van der Waals surface area (Å²) in [5, 5.41) is 3.02. The first-order chi connectivity index (χ1) is 9.24. The van der Waals surface area contributed by atoms with Gasteiger partial charge < -0.3 is 16.0 Å². The van der Waals surface area contributed by atoms with Crippen molar-refractivity contribution in [1.82, 2.24) is 19.9 Å². The summed E-state index contributed by atoms with van der Waals surface area (Å²) in [7, 11) is 0. The van der Waals surface area contributed by atoms with Crippen molar-refractivity contribution in [3.63, 3.8) is 0 Å². The van der Waals surface area contributed by atoms with Crippen LogP contribution in [0.1, 0.15) is 5.56 Å². The summed E-state index contributed by atoms with van der Waals surface area (Å²) in [6.45, 7) is 0.478. The predicted molar refractivity (Wildman–Crippen MR) is 72.7 cm³/mol. The second-order valence-electron chi connectivity index (χ2n) is 4.07. The van der Waals surface area contributed by atoms with Gasteiger partial charge in [0.1, 0.15) is 0 Å². The van der Waals surface area contributed by atoms with E-state index in [1.807, 2.05) is 24.3 Å². The van der Waals surface area contributed by atoms with Crippen molar-refractivity contribution in [2.24, 2.45) is 0 Å². The van der Waals surface area contributed by atoms with Crippen molar-refractivity contribution < 1.29 is 0 Å². The minimum atomic E-state index is -0.258. The van der Waals surface area contributed by atoms with Crippen LogP contribution in [-0.4, -0.2) is 19.9 Å². The lowest BCUT2D eigenvalue weighted by Crippen LogP contribution is -2.13. The maximum absolute atomic E-state index is 11.7. The van der Waals surface area contributed by atoms with Crippen LogP contribution in [0, 0.1) is 0 Å². The lowest BCUT2D eigenvalue weighted by atomic mass is 10.2. The Kier molecular flexibility index (Phi) is 2.64. The Hall–Kier alpha value is -2.83. The third kappa shape index (κ3) is 2.13. The molecule has 0 aliphatic rings. The molecule has 0 aliphatic carbocycles. The minimum Gasteiger partial charge on any atom is -0.398 e. The van der Waals surface area contributed by atoms with E-state index in [4.69, 9.17) is 5.73 Å². The van der Waals surface area contributed by atoms with Crippen LogP contribution in [0.5, 0.6) is 0 Å². The highest BCUT2D eigenvalue weighted by molar-refractivity contribution is 5.69. The highest BCUT2D eigenvalue weighted by Gasteiger charge is 2.05. The van der Waals surface area contributed by atoms with E-state index in [9.17, 15) is 4.79 Å². The first-order valence-electron chi connectivity index (χ1n) is 5.74. The second kappa shape index (κ2) is 4.45. The van der Waals surface area contributed by atoms with Gasteiger partial charge in [-0.15, -0.1) is 0 Å². The Balaban J connectivity index is 1.86. The van der Waals surface area contributed by atoms with Crippen molar-refractivity contribution in [2.75, 3.05) is 11.1 Å². The monoisotopic (exact) mass is 256 g/mol. The first kappa shape index (κ1) is 11.3. The van der Waals surface area contributed by atoms with Crippen LogP contribution in [0.2, 0.25) is 0 Å². The van der Waals surface area contributed by atoms with Gasteiger partial charge in [-0.25, -0.2) is 4.98 Å². The first-order valence-corrected chi connectivity index (χ1v) is 5.74. The van der Waals surface area contributed by atoms with Crippen LogP contribution in [0.3, 0.4) is 0 Å². The third-order valence-electron chi connectivity index (χ3n) is 2.80. The summed E-state index contributed by atoms with van der Waals surface area (Å²) in [4.78, 5) is 25.2. The zero-order valence-electron chi connectivity index (χ0n) is 9.97. The maximum Gasteiger partial charge on any atom is 0.278 e. The molecule has 2 aromatic heterocycles. The number of aromatic nitrogens is 4. The molecule has 3 aromatic rings. The Morgan fingerprint density at radius 3 is 3.00 bits per heavy atom. The third-order valence-corrected chi connectivity index (χ3v) is 2.80. The molecule has 0 amide bonds. The highest BCUT2D eigenvalue weighted by Crippen LogP contribution is 2.12. The molecule has 0 saturated heterocycles. The number of hydrogen-bond donors (Lipinski definition) is 4. The van der Waals surface area contributed by atoms with Gasteiger partial charge in [-0.3, -0.25) is 9.78 Å². The Morgan fingerprint density at radius 1 is 1.32 bits per heavy atom. The molecule has 0 bridgehead atoms. The van der Waals surface area contributed by atoms with Crippen LogP contribution < -0.4 is 16.6 Å². The fraction of sp³-hybridized carbons (Fsp3) is 0.0833. The number of hydrogen-bond acceptors (Lipinski definition) is 5. The number of rotatable bonds is 3. The van der Waals surface area contributed by atoms with E-state index < -0.39 is 0 Å². The Bertz CT molecular complexity index is 775. The lowest BCUT2D eigenvalue weighted by Gasteiger charge is -2.07. The number of anilines is 2. The number of benzene rings is 1. The van der Waals surface area contributed by atoms with Gasteiger partial charge in [0.05, 0.1) is 6.33 Å². The second-order valence-corrected chi connectivity index (χ2v) is 4.07. The van der Waals surface area contributed by atoms with Crippen molar-refractivity contribution in [3.05, 3.63) is 46.5 Å². The van der Waals surface area contributed by atoms with Gasteiger partial charge in [0.15, 0.2) is 11.2 Å². The Morgan fingerprint density at radius 2 is 2.16 bits per heavy atom. The molecule has 0 aliphatic heterocycles. The summed E-state index contributed by atoms with van der Waals surface area (Å²) >= 11 is 0. The van der Waals surface area contributed by atoms with Crippen LogP contribution in [0.25, 0.3) is 11.2 Å². The molecule has 19 heavy (non-hydrogen) atoms. The van der Waals surface area contributed by atoms with Gasteiger partial charge >= 0.3 is 0 Å². The van der Waals surface area contributed by atoms with E-state index in [1.54, 1.807) is 0 Å². The molecule has 2 heterocycles. The molecule has 7 nitrogen and oxygen atoms in total. The molecule has 96 valence electrons. The normalized spacial score (nSPS) is 10.7. The van der Waals surface area contributed by atoms with Gasteiger partial charge in [0.2, 0.25) is 5.95 Å². The molecule has 0 unspecified atom stereocenters. The smallest absolute Gasteiger partial charge is 0.278 e. The number of H-pyrrole nitrogens is 2. The number of nitrogens with zero attached hydrogens (tertiary/aromatic N) is 2. The molecule has 7 heteroatoms. The SMILES string of the molecule is Nc1ccccc1CNc1nc2nc[nH]c2c(=O)[nH]1. The zero-order valence-corrected chi connectivity index (χ0v) is 9.97. The van der Waals surface area contributed by atoms with E-state index >= 15 is 0 Å². The number of para-hydroxylation sites is 1. The van der Waals surface area contributed by atoms with Crippen LogP contribution in [-0.2, 0) is 6.54 Å². The maximum atomic E-state index is 11.7. The average molecular weight is 256 g/mol. The Labute approximate surface area is 107 Å². The number of fused-ring (bicyclic) bond motifs is 1. The molecule has 5 N–H and O–H groups in total. The number of nitrogens with two attached hydrogens (primary N) is 1. The summed E-state index contributed by atoms with van der Waals surface area (Å²) in [5.74, 6) is 0.368. The zero-order chi connectivity index (χ0) is 13.2. The van der Waals surface area contributed by atoms with Gasteiger partial charge in [-0.1, -0.05) is 18.2 Å². The van der Waals surface area contributed by atoms with Crippen LogP contribution >= 0.6 is 0 Å². The van der Waals surface area contributed by atoms with Gasteiger partial charge in [-0.05, 0) is 11.6 Å². The van der Waals surface area contributed by atoms with Gasteiger partial charge in [0.25, 0.3) is 5.56 Å². The van der Waals surface area contributed by atoms with E-state index in [0.29, 0.717) is 29.3 Å². The fourth-order valence-corrected chi connectivity index (χ4v) is 1.80. The fourth-order valence-electron chi connectivity index (χ4n) is 1.80. The van der Waals surface area contributed by atoms with E-state index in [-0.39, 0.29) is 5.56 Å². The molecule has 1 aromatic carbocycles. The summed E-state index contributed by atoms with van der Waals surface area (Å²) in [6.07, 6.45) is 1.44. The molecular formula is C12H12N6O. The van der Waals surface area contributed by atoms with E-state index in [2.05, 4.69) is 25.3 Å². The molecule has 3 rings (SSSR count). The molecule has 0 fully saturated rings. The molecule has 0 spiro atoms. The number of nitrogens with one attached hydrogen (secondary N) is 3. The topological polar surface area (TPSA) is 112 Å². The number of aromatic amines is 2. The van der Waals surface area contributed by atoms with Crippen molar-refractivity contribution in [1.29, 1.82) is 0 Å². The summed E-state index contributed by atoms with van der Waals surface area (Å²) in [5.41, 5.74) is 7.96. The summed E-state index contributed by atoms with van der Waals surface area (Å²) < 4.78 is 0. The minimum absolute atomic E-state index is 0.258.